The molecule has 2 heterocycles. The predicted molar refractivity (Wildman–Crippen MR) is 122 cm³/mol. The number of aromatic nitrogens is 4. The summed E-state index contributed by atoms with van der Waals surface area (Å²) in [6, 6.07) is 8.35. The average molecular weight is 458 g/mol. The summed E-state index contributed by atoms with van der Waals surface area (Å²) >= 11 is 1.57. The first-order chi connectivity index (χ1) is 15.3. The summed E-state index contributed by atoms with van der Waals surface area (Å²) in [5.41, 5.74) is 9.62. The van der Waals surface area contributed by atoms with Crippen molar-refractivity contribution in [3.05, 3.63) is 41.7 Å². The Morgan fingerprint density at radius 2 is 1.75 bits per heavy atom. The molecular formula is C22H27N5O4S. The number of hydrogen-bond acceptors (Lipinski definition) is 9. The van der Waals surface area contributed by atoms with E-state index in [2.05, 4.69) is 46.1 Å². The summed E-state index contributed by atoms with van der Waals surface area (Å²) in [7, 11) is 0. The van der Waals surface area contributed by atoms with Crippen molar-refractivity contribution in [3.8, 4) is 0 Å². The van der Waals surface area contributed by atoms with E-state index in [0.29, 0.717) is 18.6 Å². The fourth-order valence-corrected chi connectivity index (χ4v) is 4.07. The minimum atomic E-state index is -0.371. The Labute approximate surface area is 190 Å². The molecule has 0 radical (unpaired) electrons. The van der Waals surface area contributed by atoms with Gasteiger partial charge in [-0.1, -0.05) is 41.6 Å². The van der Waals surface area contributed by atoms with Crippen molar-refractivity contribution in [3.63, 3.8) is 0 Å². The zero-order chi connectivity index (χ0) is 23.1. The number of carbonyl (C=O) groups is 2. The van der Waals surface area contributed by atoms with E-state index in [1.807, 2.05) is 4.57 Å². The minimum Gasteiger partial charge on any atom is -0.465 e. The third-order valence-electron chi connectivity index (χ3n) is 4.78. The Morgan fingerprint density at radius 3 is 2.38 bits per heavy atom. The zero-order valence-electron chi connectivity index (χ0n) is 18.4. The number of hydrogen-bond donors (Lipinski definition) is 1. The lowest BCUT2D eigenvalue weighted by Gasteiger charge is -2.17. The van der Waals surface area contributed by atoms with Crippen molar-refractivity contribution in [2.45, 2.75) is 44.5 Å². The molecule has 0 spiro atoms. The van der Waals surface area contributed by atoms with Gasteiger partial charge in [-0.2, -0.15) is 4.98 Å². The molecule has 0 fully saturated rings. The zero-order valence-corrected chi connectivity index (χ0v) is 19.2. The van der Waals surface area contributed by atoms with E-state index in [-0.39, 0.29) is 37.0 Å². The quantitative estimate of drug-likeness (QED) is 0.278. The summed E-state index contributed by atoms with van der Waals surface area (Å²) < 4.78 is 12.2. The van der Waals surface area contributed by atoms with Crippen LogP contribution >= 0.6 is 11.8 Å². The number of aryl methyl sites for hydroxylation is 2. The van der Waals surface area contributed by atoms with Crippen LogP contribution in [0, 0.1) is 12.8 Å². The SMILES string of the molecule is CC(=O)OCC(CCn1cnc2nc(N)nc(SCc3ccc(C)cc3)c21)COC(C)=O. The highest BCUT2D eigenvalue weighted by Crippen LogP contribution is 2.29. The number of nitrogen functional groups attached to an aromatic ring is 1. The Kier molecular flexibility index (Phi) is 8.04. The fraction of sp³-hybridized carbons (Fsp3) is 0.409. The third kappa shape index (κ3) is 6.68. The lowest BCUT2D eigenvalue weighted by molar-refractivity contribution is -0.146. The maximum absolute atomic E-state index is 11.2. The molecule has 3 aromatic rings. The highest BCUT2D eigenvalue weighted by atomic mass is 32.2. The maximum atomic E-state index is 11.2. The van der Waals surface area contributed by atoms with E-state index < -0.39 is 0 Å². The van der Waals surface area contributed by atoms with Gasteiger partial charge in [0, 0.05) is 32.1 Å². The predicted octanol–water partition coefficient (Wildman–Crippen LogP) is 3.14. The van der Waals surface area contributed by atoms with Gasteiger partial charge in [-0.25, -0.2) is 9.97 Å². The molecule has 0 aliphatic rings. The van der Waals surface area contributed by atoms with Crippen LogP contribution < -0.4 is 5.73 Å². The number of nitrogens with zero attached hydrogens (tertiary/aromatic N) is 4. The van der Waals surface area contributed by atoms with Crippen molar-refractivity contribution < 1.29 is 19.1 Å². The highest BCUT2D eigenvalue weighted by molar-refractivity contribution is 7.98. The van der Waals surface area contributed by atoms with Crippen molar-refractivity contribution in [1.82, 2.24) is 19.5 Å². The van der Waals surface area contributed by atoms with Crippen molar-refractivity contribution in [2.24, 2.45) is 5.92 Å². The molecule has 0 saturated heterocycles. The van der Waals surface area contributed by atoms with Crippen molar-refractivity contribution in [1.29, 1.82) is 0 Å². The fourth-order valence-electron chi connectivity index (χ4n) is 3.08. The molecule has 2 N–H and O–H groups in total. The average Bonchev–Trinajstić information content (AvgIpc) is 3.15. The molecule has 10 heteroatoms. The molecule has 0 bridgehead atoms. The topological polar surface area (TPSA) is 122 Å². The number of imidazole rings is 1. The van der Waals surface area contributed by atoms with E-state index in [1.54, 1.807) is 18.1 Å². The van der Waals surface area contributed by atoms with Gasteiger partial charge >= 0.3 is 11.9 Å². The number of carbonyl (C=O) groups excluding carboxylic acids is 2. The van der Waals surface area contributed by atoms with Crippen LogP contribution in [0.5, 0.6) is 0 Å². The monoisotopic (exact) mass is 457 g/mol. The van der Waals surface area contributed by atoms with Gasteiger partial charge in [0.1, 0.15) is 10.5 Å². The van der Waals surface area contributed by atoms with Gasteiger partial charge in [-0.3, -0.25) is 9.59 Å². The molecule has 0 saturated carbocycles. The number of thioether (sulfide) groups is 1. The second-order valence-electron chi connectivity index (χ2n) is 7.53. The Hall–Kier alpha value is -3.14. The molecule has 0 amide bonds. The number of nitrogens with two attached hydrogens (primary N) is 1. The van der Waals surface area contributed by atoms with Crippen LogP contribution in [-0.4, -0.2) is 44.7 Å². The summed E-state index contributed by atoms with van der Waals surface area (Å²) in [5, 5.41) is 0.752. The summed E-state index contributed by atoms with van der Waals surface area (Å²) in [6.07, 6.45) is 2.31. The minimum absolute atomic E-state index is 0.140. The van der Waals surface area contributed by atoms with Gasteiger partial charge < -0.3 is 19.8 Å². The number of benzene rings is 1. The van der Waals surface area contributed by atoms with Crippen LogP contribution in [-0.2, 0) is 31.4 Å². The molecule has 2 aromatic heterocycles. The third-order valence-corrected chi connectivity index (χ3v) is 5.81. The molecule has 0 unspecified atom stereocenters. The van der Waals surface area contributed by atoms with Crippen LogP contribution in [0.2, 0.25) is 0 Å². The first kappa shape index (κ1) is 23.5. The summed E-state index contributed by atoms with van der Waals surface area (Å²) in [4.78, 5) is 35.5. The maximum Gasteiger partial charge on any atom is 0.302 e. The second kappa shape index (κ2) is 10.9. The van der Waals surface area contributed by atoms with Crippen molar-refractivity contribution in [2.75, 3.05) is 18.9 Å². The molecule has 1 aromatic carbocycles. The lowest BCUT2D eigenvalue weighted by atomic mass is 10.1. The number of fused-ring (bicyclic) bond motifs is 1. The van der Waals surface area contributed by atoms with E-state index in [0.717, 1.165) is 16.3 Å². The first-order valence-corrected chi connectivity index (χ1v) is 11.2. The molecule has 0 atom stereocenters. The van der Waals surface area contributed by atoms with Crippen molar-refractivity contribution >= 4 is 40.8 Å². The number of ether oxygens (including phenoxy) is 2. The van der Waals surface area contributed by atoms with Crippen LogP contribution in [0.25, 0.3) is 11.2 Å². The van der Waals surface area contributed by atoms with Crippen LogP contribution in [0.3, 0.4) is 0 Å². The normalized spacial score (nSPS) is 11.1. The van der Waals surface area contributed by atoms with Gasteiger partial charge in [-0.05, 0) is 18.9 Å². The molecule has 32 heavy (non-hydrogen) atoms. The van der Waals surface area contributed by atoms with E-state index in [1.165, 1.54) is 25.0 Å². The summed E-state index contributed by atoms with van der Waals surface area (Å²) in [6.45, 7) is 5.67. The second-order valence-corrected chi connectivity index (χ2v) is 8.50. The van der Waals surface area contributed by atoms with Crippen LogP contribution in [0.1, 0.15) is 31.4 Å². The number of rotatable bonds is 10. The first-order valence-electron chi connectivity index (χ1n) is 10.2. The van der Waals surface area contributed by atoms with Gasteiger partial charge in [0.05, 0.1) is 19.5 Å². The highest BCUT2D eigenvalue weighted by Gasteiger charge is 2.17. The van der Waals surface area contributed by atoms with Crippen LogP contribution in [0.15, 0.2) is 35.6 Å². The van der Waals surface area contributed by atoms with Crippen LogP contribution in [0.4, 0.5) is 5.95 Å². The molecule has 170 valence electrons. The largest absolute Gasteiger partial charge is 0.465 e. The molecule has 9 nitrogen and oxygen atoms in total. The summed E-state index contributed by atoms with van der Waals surface area (Å²) in [5.74, 6) is 0.0305. The molecule has 3 rings (SSSR count). The molecular weight excluding hydrogens is 430 g/mol. The Balaban J connectivity index is 1.76. The number of anilines is 1. The van der Waals surface area contributed by atoms with E-state index >= 15 is 0 Å². The Morgan fingerprint density at radius 1 is 1.09 bits per heavy atom. The molecule has 0 aliphatic carbocycles. The van der Waals surface area contributed by atoms with E-state index in [9.17, 15) is 9.59 Å². The van der Waals surface area contributed by atoms with Gasteiger partial charge in [0.2, 0.25) is 5.95 Å². The standard InChI is InChI=1S/C22H27N5O4S/c1-14-4-6-17(7-5-14)12-32-21-19-20(25-22(23)26-21)24-13-27(19)9-8-18(10-30-15(2)28)11-31-16(3)29/h4-7,13,18H,8-12H2,1-3H3,(H2,23,25,26). The van der Waals surface area contributed by atoms with Gasteiger partial charge in [0.25, 0.3) is 0 Å². The van der Waals surface area contributed by atoms with E-state index in [4.69, 9.17) is 15.2 Å². The van der Waals surface area contributed by atoms with Gasteiger partial charge in [0.15, 0.2) is 5.65 Å². The lowest BCUT2D eigenvalue weighted by Crippen LogP contribution is -2.21. The Bertz CT molecular complexity index is 1070. The smallest absolute Gasteiger partial charge is 0.302 e. The molecule has 0 aliphatic heterocycles. The van der Waals surface area contributed by atoms with Gasteiger partial charge in [-0.15, -0.1) is 0 Å². The number of esters is 2.